The molecule has 132 valence electrons. The Labute approximate surface area is 145 Å². The molecule has 0 radical (unpaired) electrons. The van der Waals surface area contributed by atoms with Crippen LogP contribution in [0.15, 0.2) is 5.11 Å². The molecule has 1 aliphatic rings. The van der Waals surface area contributed by atoms with Crippen LogP contribution >= 0.6 is 11.6 Å². The van der Waals surface area contributed by atoms with E-state index in [9.17, 15) is 4.79 Å². The largest absolute Gasteiger partial charge is 0.411 e. The number of rotatable bonds is 6. The van der Waals surface area contributed by atoms with Crippen LogP contribution in [0.5, 0.6) is 0 Å². The van der Waals surface area contributed by atoms with Crippen LogP contribution in [0.25, 0.3) is 10.4 Å². The average molecular weight is 361 g/mol. The van der Waals surface area contributed by atoms with E-state index in [4.69, 9.17) is 21.6 Å². The Morgan fingerprint density at radius 2 is 1.78 bits per heavy atom. The predicted molar refractivity (Wildman–Crippen MR) is 96.1 cm³/mol. The van der Waals surface area contributed by atoms with Gasteiger partial charge in [0.15, 0.2) is 0 Å². The normalized spacial score (nSPS) is 26.2. The smallest absolute Gasteiger partial charge is 0.221 e. The Morgan fingerprint density at radius 3 is 2.22 bits per heavy atom. The van der Waals surface area contributed by atoms with Gasteiger partial charge in [-0.15, -0.1) is 11.6 Å². The minimum Gasteiger partial charge on any atom is -0.411 e. The molecule has 8 heteroatoms. The van der Waals surface area contributed by atoms with Crippen LogP contribution in [0, 0.1) is 0 Å². The number of nitrogens with zero attached hydrogens (tertiary/aromatic N) is 3. The number of alkyl halides is 1. The number of nitrogens with one attached hydrogen (secondary N) is 1. The molecule has 1 heterocycles. The highest BCUT2D eigenvalue weighted by Crippen LogP contribution is 2.44. The van der Waals surface area contributed by atoms with E-state index in [2.05, 4.69) is 56.9 Å². The third-order valence-electron chi connectivity index (χ3n) is 4.87. The molecule has 1 amide bonds. The van der Waals surface area contributed by atoms with E-state index in [0.717, 1.165) is 0 Å². The molecule has 0 aromatic heterocycles. The van der Waals surface area contributed by atoms with E-state index in [1.807, 2.05) is 0 Å². The molecule has 23 heavy (non-hydrogen) atoms. The highest BCUT2D eigenvalue weighted by molar-refractivity contribution is 6.77. The van der Waals surface area contributed by atoms with Gasteiger partial charge in [-0.1, -0.05) is 46.7 Å². The summed E-state index contributed by atoms with van der Waals surface area (Å²) in [5, 5.41) is 6.12. The van der Waals surface area contributed by atoms with Gasteiger partial charge in [-0.2, -0.15) is 0 Å². The molecule has 1 unspecified atom stereocenters. The molecular formula is C15H29ClN4O2Si. The number of hydrogen-bond acceptors (Lipinski definition) is 3. The second-order valence-electron chi connectivity index (χ2n) is 7.20. The number of carbonyl (C=O) groups is 1. The zero-order valence-electron chi connectivity index (χ0n) is 14.9. The molecule has 0 spiro atoms. The first-order valence-corrected chi connectivity index (χ1v) is 10.9. The highest BCUT2D eigenvalue weighted by Gasteiger charge is 2.49. The zero-order valence-corrected chi connectivity index (χ0v) is 16.7. The lowest BCUT2D eigenvalue weighted by Gasteiger charge is -2.46. The predicted octanol–water partition coefficient (Wildman–Crippen LogP) is 4.35. The van der Waals surface area contributed by atoms with Crippen molar-refractivity contribution in [3.05, 3.63) is 10.4 Å². The lowest BCUT2D eigenvalue weighted by atomic mass is 10.1. The van der Waals surface area contributed by atoms with Crippen molar-refractivity contribution in [2.75, 3.05) is 6.54 Å². The summed E-state index contributed by atoms with van der Waals surface area (Å²) < 4.78 is 6.72. The number of halogens is 1. The Bertz CT molecular complexity index is 445. The van der Waals surface area contributed by atoms with E-state index in [1.165, 1.54) is 0 Å². The summed E-state index contributed by atoms with van der Waals surface area (Å²) in [6.45, 7) is 13.4. The number of carbonyl (C=O) groups excluding carboxylic acids is 1. The third kappa shape index (κ3) is 4.41. The molecular weight excluding hydrogens is 332 g/mol. The lowest BCUT2D eigenvalue weighted by Crippen LogP contribution is -2.54. The molecule has 1 rings (SSSR count). The standard InChI is InChI=1S/C15H29ClN4O2Si/c1-9(2)23(10(3)4,11(5)6)22-15-12(16)7-14(21)18-8-13(15)19-20-17/h9-13,15H,7-8H2,1-6H3,(H,18,21)/t12?,13-,15-/m1/s1. The van der Waals surface area contributed by atoms with Gasteiger partial charge in [-0.05, 0) is 22.2 Å². The van der Waals surface area contributed by atoms with Gasteiger partial charge in [0.2, 0.25) is 14.2 Å². The second kappa shape index (κ2) is 8.38. The minimum absolute atomic E-state index is 0.125. The van der Waals surface area contributed by atoms with Crippen molar-refractivity contribution in [3.63, 3.8) is 0 Å². The Hall–Kier alpha value is -0.753. The van der Waals surface area contributed by atoms with Crippen LogP contribution in [-0.4, -0.2) is 38.3 Å². The van der Waals surface area contributed by atoms with Crippen LogP contribution in [-0.2, 0) is 9.22 Å². The van der Waals surface area contributed by atoms with Crippen molar-refractivity contribution in [1.29, 1.82) is 0 Å². The molecule has 0 aromatic rings. The maximum Gasteiger partial charge on any atom is 0.221 e. The van der Waals surface area contributed by atoms with Gasteiger partial charge in [0, 0.05) is 17.9 Å². The minimum atomic E-state index is -2.18. The molecule has 0 saturated carbocycles. The molecule has 1 N–H and O–H groups in total. The van der Waals surface area contributed by atoms with Crippen molar-refractivity contribution in [1.82, 2.24) is 5.32 Å². The van der Waals surface area contributed by atoms with Crippen molar-refractivity contribution in [2.45, 2.75) is 82.1 Å². The molecule has 0 aliphatic carbocycles. The fraction of sp³-hybridized carbons (Fsp3) is 0.933. The van der Waals surface area contributed by atoms with Crippen LogP contribution in [0.3, 0.4) is 0 Å². The van der Waals surface area contributed by atoms with Crippen LogP contribution in [0.4, 0.5) is 0 Å². The van der Waals surface area contributed by atoms with Crippen LogP contribution < -0.4 is 5.32 Å². The SMILES string of the molecule is CC(C)[Si](O[C@@H]1C(Cl)CC(=O)NC[C@H]1N=[N+]=[N-])(C(C)C)C(C)C. The van der Waals surface area contributed by atoms with Gasteiger partial charge < -0.3 is 9.74 Å². The van der Waals surface area contributed by atoms with E-state index < -0.39 is 25.8 Å². The quantitative estimate of drug-likeness (QED) is 0.251. The average Bonchev–Trinajstić information content (AvgIpc) is 2.55. The maximum absolute atomic E-state index is 11.8. The fourth-order valence-corrected chi connectivity index (χ4v) is 9.97. The fourth-order valence-electron chi connectivity index (χ4n) is 3.91. The van der Waals surface area contributed by atoms with Gasteiger partial charge in [0.25, 0.3) is 0 Å². The van der Waals surface area contributed by atoms with E-state index in [0.29, 0.717) is 16.6 Å². The van der Waals surface area contributed by atoms with Gasteiger partial charge in [-0.3, -0.25) is 4.79 Å². The van der Waals surface area contributed by atoms with Crippen LogP contribution in [0.2, 0.25) is 16.6 Å². The highest BCUT2D eigenvalue weighted by atomic mass is 35.5. The van der Waals surface area contributed by atoms with Gasteiger partial charge in [-0.25, -0.2) is 0 Å². The number of hydrogen-bond donors (Lipinski definition) is 1. The van der Waals surface area contributed by atoms with E-state index in [1.54, 1.807) is 0 Å². The van der Waals surface area contributed by atoms with Gasteiger partial charge >= 0.3 is 0 Å². The zero-order chi connectivity index (χ0) is 17.8. The lowest BCUT2D eigenvalue weighted by molar-refractivity contribution is -0.120. The van der Waals surface area contributed by atoms with Crippen molar-refractivity contribution >= 4 is 25.8 Å². The van der Waals surface area contributed by atoms with Crippen molar-refractivity contribution in [3.8, 4) is 0 Å². The van der Waals surface area contributed by atoms with Gasteiger partial charge in [0.05, 0.1) is 17.5 Å². The summed E-state index contributed by atoms with van der Waals surface area (Å²) in [5.74, 6) is -0.125. The number of azide groups is 1. The van der Waals surface area contributed by atoms with Gasteiger partial charge in [0.1, 0.15) is 0 Å². The molecule has 6 nitrogen and oxygen atoms in total. The topological polar surface area (TPSA) is 87.1 Å². The summed E-state index contributed by atoms with van der Waals surface area (Å²) in [6.07, 6.45) is -0.256. The number of amides is 1. The van der Waals surface area contributed by atoms with Crippen molar-refractivity contribution in [2.24, 2.45) is 5.11 Å². The molecule has 1 fully saturated rings. The summed E-state index contributed by atoms with van der Waals surface area (Å²) in [4.78, 5) is 14.7. The van der Waals surface area contributed by atoms with Crippen molar-refractivity contribution < 1.29 is 9.22 Å². The Balaban J connectivity index is 3.24. The molecule has 1 aliphatic heterocycles. The maximum atomic E-state index is 11.8. The summed E-state index contributed by atoms with van der Waals surface area (Å²) in [6, 6.07) is -0.475. The first-order valence-electron chi connectivity index (χ1n) is 8.29. The molecule has 0 bridgehead atoms. The van der Waals surface area contributed by atoms with Crippen LogP contribution in [0.1, 0.15) is 48.0 Å². The summed E-state index contributed by atoms with van der Waals surface area (Å²) in [5.41, 5.74) is 10.0. The first kappa shape index (κ1) is 20.3. The monoisotopic (exact) mass is 360 g/mol. The molecule has 3 atom stereocenters. The second-order valence-corrected chi connectivity index (χ2v) is 13.2. The van der Waals surface area contributed by atoms with E-state index >= 15 is 0 Å². The molecule has 0 aromatic carbocycles. The summed E-state index contributed by atoms with van der Waals surface area (Å²) in [7, 11) is -2.18. The Kier molecular flexibility index (Phi) is 7.39. The van der Waals surface area contributed by atoms with E-state index in [-0.39, 0.29) is 18.9 Å². The Morgan fingerprint density at radius 1 is 1.26 bits per heavy atom. The first-order chi connectivity index (χ1) is 10.7. The third-order valence-corrected chi connectivity index (χ3v) is 11.4. The summed E-state index contributed by atoms with van der Waals surface area (Å²) >= 11 is 6.49. The molecule has 1 saturated heterocycles.